The van der Waals surface area contributed by atoms with Crippen molar-refractivity contribution in [2.45, 2.75) is 38.5 Å². The molecule has 196 valence electrons. The van der Waals surface area contributed by atoms with Crippen LogP contribution >= 0.6 is 0 Å². The molecule has 2 aliphatic rings. The summed E-state index contributed by atoms with van der Waals surface area (Å²) in [4.78, 5) is 4.62. The molecule has 41 heavy (non-hydrogen) atoms. The monoisotopic (exact) mass is 526 g/mol. The van der Waals surface area contributed by atoms with E-state index < -0.39 is 0 Å². The third kappa shape index (κ3) is 2.75. The van der Waals surface area contributed by atoms with Gasteiger partial charge in [0, 0.05) is 39.7 Å². The van der Waals surface area contributed by atoms with Crippen molar-refractivity contribution >= 4 is 32.6 Å². The van der Waals surface area contributed by atoms with Crippen molar-refractivity contribution in [1.82, 2.24) is 9.55 Å². The summed E-state index contributed by atoms with van der Waals surface area (Å²) in [5.74, 6) is 0. The Kier molecular flexibility index (Phi) is 4.23. The van der Waals surface area contributed by atoms with Gasteiger partial charge in [0.15, 0.2) is 0 Å². The van der Waals surface area contributed by atoms with E-state index in [-0.39, 0.29) is 10.8 Å². The third-order valence-electron chi connectivity index (χ3n) is 10.1. The van der Waals surface area contributed by atoms with Crippen molar-refractivity contribution in [1.29, 1.82) is 0 Å². The average Bonchev–Trinajstić information content (AvgIpc) is 3.45. The number of benzene rings is 5. The van der Waals surface area contributed by atoms with Gasteiger partial charge in [-0.3, -0.25) is 4.98 Å². The minimum atomic E-state index is -0.0754. The topological polar surface area (TPSA) is 17.8 Å². The number of aromatic nitrogens is 2. The van der Waals surface area contributed by atoms with Gasteiger partial charge in [-0.1, -0.05) is 100 Å². The van der Waals surface area contributed by atoms with Gasteiger partial charge in [-0.15, -0.1) is 0 Å². The molecule has 0 atom stereocenters. The second kappa shape index (κ2) is 7.53. The van der Waals surface area contributed by atoms with E-state index in [1.807, 2.05) is 6.20 Å². The Morgan fingerprint density at radius 1 is 0.512 bits per heavy atom. The summed E-state index contributed by atoms with van der Waals surface area (Å²) in [7, 11) is 0. The van der Waals surface area contributed by atoms with Crippen LogP contribution in [0.15, 0.2) is 109 Å². The summed E-state index contributed by atoms with van der Waals surface area (Å²) in [5.41, 5.74) is 14.4. The van der Waals surface area contributed by atoms with Crippen molar-refractivity contribution in [2.75, 3.05) is 0 Å². The van der Waals surface area contributed by atoms with Gasteiger partial charge >= 0.3 is 0 Å². The molecule has 2 aliphatic carbocycles. The molecule has 0 saturated heterocycles. The first-order valence-electron chi connectivity index (χ1n) is 14.6. The van der Waals surface area contributed by atoms with Crippen LogP contribution in [0.4, 0.5) is 0 Å². The van der Waals surface area contributed by atoms with Crippen LogP contribution in [-0.2, 0) is 10.8 Å². The maximum absolute atomic E-state index is 4.62. The second-order valence-electron chi connectivity index (χ2n) is 12.8. The van der Waals surface area contributed by atoms with Crippen LogP contribution in [0.5, 0.6) is 0 Å². The van der Waals surface area contributed by atoms with Crippen LogP contribution in [0, 0.1) is 0 Å². The molecule has 2 heterocycles. The molecule has 7 aromatic rings. The first-order chi connectivity index (χ1) is 19.9. The molecular formula is C39H30N2. The van der Waals surface area contributed by atoms with Crippen molar-refractivity contribution in [3.63, 3.8) is 0 Å². The van der Waals surface area contributed by atoms with E-state index in [1.165, 1.54) is 82.8 Å². The number of hydrogen-bond acceptors (Lipinski definition) is 1. The Labute approximate surface area is 239 Å². The summed E-state index contributed by atoms with van der Waals surface area (Å²) < 4.78 is 2.47. The molecule has 0 fully saturated rings. The van der Waals surface area contributed by atoms with Crippen molar-refractivity contribution in [3.05, 3.63) is 132 Å². The maximum atomic E-state index is 4.62. The lowest BCUT2D eigenvalue weighted by Crippen LogP contribution is -2.23. The first kappa shape index (κ1) is 23.1. The largest absolute Gasteiger partial charge is 0.309 e. The molecule has 0 unspecified atom stereocenters. The molecule has 2 aromatic heterocycles. The minimum absolute atomic E-state index is 0.0552. The van der Waals surface area contributed by atoms with Gasteiger partial charge in [0.05, 0.1) is 11.0 Å². The van der Waals surface area contributed by atoms with Gasteiger partial charge < -0.3 is 4.57 Å². The fourth-order valence-electron chi connectivity index (χ4n) is 8.08. The predicted octanol–water partition coefficient (Wildman–Crippen LogP) is 9.94. The van der Waals surface area contributed by atoms with Crippen LogP contribution in [0.25, 0.3) is 60.5 Å². The summed E-state index contributed by atoms with van der Waals surface area (Å²) in [6.07, 6.45) is 3.98. The zero-order chi connectivity index (χ0) is 27.7. The highest BCUT2D eigenvalue weighted by atomic mass is 15.0. The van der Waals surface area contributed by atoms with Gasteiger partial charge in [0.2, 0.25) is 0 Å². The molecule has 9 rings (SSSR count). The number of hydrogen-bond donors (Lipinski definition) is 0. The lowest BCUT2D eigenvalue weighted by molar-refractivity contribution is 0.645. The smallest absolute Gasteiger partial charge is 0.0572 e. The molecule has 0 spiro atoms. The standard InChI is InChI=1S/C39H30N2/c1-38(2)31-14-8-6-11-25(31)28-21-35-37(27-12-9-15-32(38)36(27)28)29-22-40-19-18-34(29)41(35)23-16-17-26-24-10-5-7-13-30(24)39(3,4)33(26)20-23/h5-22H,1-4H3. The van der Waals surface area contributed by atoms with E-state index in [9.17, 15) is 0 Å². The summed E-state index contributed by atoms with van der Waals surface area (Å²) in [5, 5.41) is 5.16. The maximum Gasteiger partial charge on any atom is 0.0572 e. The van der Waals surface area contributed by atoms with E-state index in [1.54, 1.807) is 0 Å². The average molecular weight is 527 g/mol. The van der Waals surface area contributed by atoms with Gasteiger partial charge in [-0.05, 0) is 79.5 Å². The van der Waals surface area contributed by atoms with Gasteiger partial charge in [0.1, 0.15) is 0 Å². The van der Waals surface area contributed by atoms with Gasteiger partial charge in [-0.25, -0.2) is 0 Å². The second-order valence-corrected chi connectivity index (χ2v) is 12.8. The molecule has 5 aromatic carbocycles. The fourth-order valence-corrected chi connectivity index (χ4v) is 8.08. The molecule has 2 heteroatoms. The number of pyridine rings is 1. The van der Waals surface area contributed by atoms with Crippen molar-refractivity contribution < 1.29 is 0 Å². The van der Waals surface area contributed by atoms with Crippen LogP contribution in [0.2, 0.25) is 0 Å². The Bertz CT molecular complexity index is 2260. The summed E-state index contributed by atoms with van der Waals surface area (Å²) >= 11 is 0. The van der Waals surface area contributed by atoms with Crippen molar-refractivity contribution in [2.24, 2.45) is 0 Å². The first-order valence-corrected chi connectivity index (χ1v) is 14.6. The highest BCUT2D eigenvalue weighted by molar-refractivity contribution is 6.25. The minimum Gasteiger partial charge on any atom is -0.309 e. The Hall–Kier alpha value is -4.69. The molecule has 0 radical (unpaired) electrons. The zero-order valence-corrected chi connectivity index (χ0v) is 23.8. The Morgan fingerprint density at radius 2 is 1.17 bits per heavy atom. The van der Waals surface area contributed by atoms with E-state index in [4.69, 9.17) is 0 Å². The van der Waals surface area contributed by atoms with Crippen LogP contribution < -0.4 is 0 Å². The summed E-state index contributed by atoms with van der Waals surface area (Å²) in [6, 6.07) is 36.4. The molecule has 0 N–H and O–H groups in total. The SMILES string of the molecule is CC1(C)c2ccccc2-c2ccc(-n3c4ccncc4c4c5cccc6c5c(cc43)-c3ccccc3C6(C)C)cc21. The van der Waals surface area contributed by atoms with Crippen LogP contribution in [0.3, 0.4) is 0 Å². The number of rotatable bonds is 1. The fraction of sp³-hybridized carbons (Fsp3) is 0.154. The van der Waals surface area contributed by atoms with Crippen molar-refractivity contribution in [3.8, 4) is 27.9 Å². The lowest BCUT2D eigenvalue weighted by Gasteiger charge is -2.35. The highest BCUT2D eigenvalue weighted by Crippen LogP contribution is 2.52. The van der Waals surface area contributed by atoms with E-state index in [2.05, 4.69) is 141 Å². The number of nitrogens with zero attached hydrogens (tertiary/aromatic N) is 2. The lowest BCUT2D eigenvalue weighted by atomic mass is 9.68. The molecule has 0 bridgehead atoms. The van der Waals surface area contributed by atoms with E-state index in [0.29, 0.717) is 0 Å². The zero-order valence-electron chi connectivity index (χ0n) is 23.8. The summed E-state index contributed by atoms with van der Waals surface area (Å²) in [6.45, 7) is 9.44. The van der Waals surface area contributed by atoms with Gasteiger partial charge in [-0.2, -0.15) is 0 Å². The molecular weight excluding hydrogens is 496 g/mol. The quantitative estimate of drug-likeness (QED) is 0.208. The highest BCUT2D eigenvalue weighted by Gasteiger charge is 2.36. The molecule has 2 nitrogen and oxygen atoms in total. The molecule has 0 saturated carbocycles. The third-order valence-corrected chi connectivity index (χ3v) is 10.1. The predicted molar refractivity (Wildman–Crippen MR) is 171 cm³/mol. The Morgan fingerprint density at radius 3 is 1.95 bits per heavy atom. The number of fused-ring (bicyclic) bond motifs is 9. The Balaban J connectivity index is 1.43. The molecule has 0 amide bonds. The molecule has 0 aliphatic heterocycles. The normalized spacial score (nSPS) is 15.7. The van der Waals surface area contributed by atoms with E-state index in [0.717, 1.165) is 0 Å². The van der Waals surface area contributed by atoms with E-state index >= 15 is 0 Å². The van der Waals surface area contributed by atoms with Gasteiger partial charge in [0.25, 0.3) is 0 Å². The van der Waals surface area contributed by atoms with Crippen LogP contribution in [-0.4, -0.2) is 9.55 Å². The van der Waals surface area contributed by atoms with Crippen LogP contribution in [0.1, 0.15) is 49.9 Å².